The average Bonchev–Trinajstić information content (AvgIpc) is 3.03. The minimum absolute atomic E-state index is 0.0625. The topological polar surface area (TPSA) is 73.2 Å². The first-order valence-electron chi connectivity index (χ1n) is 9.97. The number of aromatic nitrogens is 2. The molecule has 0 fully saturated rings. The van der Waals surface area contributed by atoms with Crippen LogP contribution in [0, 0.1) is 5.92 Å². The Hall–Kier alpha value is -2.67. The lowest BCUT2D eigenvalue weighted by Crippen LogP contribution is -2.28. The van der Waals surface area contributed by atoms with Crippen molar-refractivity contribution in [1.82, 2.24) is 9.55 Å². The van der Waals surface area contributed by atoms with Gasteiger partial charge < -0.3 is 10.1 Å². The number of fused-ring (bicyclic) bond motifs is 3. The van der Waals surface area contributed by atoms with Crippen LogP contribution in [0.2, 0.25) is 0 Å². The first kappa shape index (κ1) is 19.6. The second kappa shape index (κ2) is 7.99. The molecule has 1 aliphatic carbocycles. The summed E-state index contributed by atoms with van der Waals surface area (Å²) in [6, 6.07) is 7.20. The fourth-order valence-corrected chi connectivity index (χ4v) is 5.06. The largest absolute Gasteiger partial charge is 0.491 e. The summed E-state index contributed by atoms with van der Waals surface area (Å²) in [5.41, 5.74) is 1.67. The lowest BCUT2D eigenvalue weighted by molar-refractivity contribution is -0.116. The Morgan fingerprint density at radius 2 is 2.10 bits per heavy atom. The molecule has 0 bridgehead atoms. The molecule has 1 aliphatic rings. The number of amides is 1. The minimum Gasteiger partial charge on any atom is -0.491 e. The van der Waals surface area contributed by atoms with E-state index < -0.39 is 0 Å². The molecule has 0 spiro atoms. The summed E-state index contributed by atoms with van der Waals surface area (Å²) in [6.07, 6.45) is 4.58. The number of thiophene rings is 1. The number of carbonyl (C=O) groups is 1. The molecule has 3 aromatic rings. The maximum Gasteiger partial charge on any atom is 0.262 e. The number of hydrogen-bond acceptors (Lipinski definition) is 5. The molecule has 0 radical (unpaired) electrons. The van der Waals surface area contributed by atoms with Crippen molar-refractivity contribution in [2.45, 2.75) is 52.7 Å². The van der Waals surface area contributed by atoms with Gasteiger partial charge in [-0.05, 0) is 68.9 Å². The third-order valence-electron chi connectivity index (χ3n) is 5.11. The molecule has 1 N–H and O–H groups in total. The van der Waals surface area contributed by atoms with Gasteiger partial charge in [-0.3, -0.25) is 14.2 Å². The smallest absolute Gasteiger partial charge is 0.262 e. The highest BCUT2D eigenvalue weighted by molar-refractivity contribution is 7.18. The fraction of sp³-hybridized carbons (Fsp3) is 0.409. The van der Waals surface area contributed by atoms with Gasteiger partial charge in [-0.25, -0.2) is 4.98 Å². The van der Waals surface area contributed by atoms with Crippen LogP contribution in [0.3, 0.4) is 0 Å². The monoisotopic (exact) mass is 411 g/mol. The molecule has 7 heteroatoms. The van der Waals surface area contributed by atoms with Gasteiger partial charge in [0.05, 0.1) is 17.8 Å². The highest BCUT2D eigenvalue weighted by Crippen LogP contribution is 2.35. The summed E-state index contributed by atoms with van der Waals surface area (Å²) in [7, 11) is 0. The van der Waals surface area contributed by atoms with Gasteiger partial charge in [0.1, 0.15) is 17.1 Å². The van der Waals surface area contributed by atoms with Crippen molar-refractivity contribution in [1.29, 1.82) is 0 Å². The van der Waals surface area contributed by atoms with Crippen molar-refractivity contribution < 1.29 is 9.53 Å². The predicted molar refractivity (Wildman–Crippen MR) is 116 cm³/mol. The van der Waals surface area contributed by atoms with Gasteiger partial charge in [0, 0.05) is 10.6 Å². The van der Waals surface area contributed by atoms with Crippen LogP contribution in [0.1, 0.15) is 37.6 Å². The molecular weight excluding hydrogens is 386 g/mol. The van der Waals surface area contributed by atoms with Gasteiger partial charge in [0.25, 0.3) is 5.56 Å². The van der Waals surface area contributed by atoms with E-state index in [0.717, 1.165) is 35.4 Å². The Labute approximate surface area is 173 Å². The van der Waals surface area contributed by atoms with E-state index in [-0.39, 0.29) is 24.1 Å². The van der Waals surface area contributed by atoms with Crippen LogP contribution in [-0.4, -0.2) is 21.6 Å². The highest BCUT2D eigenvalue weighted by Gasteiger charge is 2.23. The second-order valence-electron chi connectivity index (χ2n) is 7.95. The summed E-state index contributed by atoms with van der Waals surface area (Å²) >= 11 is 1.62. The maximum absolute atomic E-state index is 13.0. The highest BCUT2D eigenvalue weighted by atomic mass is 32.1. The number of benzene rings is 1. The number of nitrogens with zero attached hydrogens (tertiary/aromatic N) is 2. The number of ether oxygens (including phenoxy) is 1. The Morgan fingerprint density at radius 1 is 1.34 bits per heavy atom. The molecule has 0 saturated heterocycles. The van der Waals surface area contributed by atoms with Crippen molar-refractivity contribution in [2.75, 3.05) is 5.32 Å². The van der Waals surface area contributed by atoms with Crippen molar-refractivity contribution in [3.63, 3.8) is 0 Å². The van der Waals surface area contributed by atoms with Gasteiger partial charge in [-0.1, -0.05) is 6.92 Å². The van der Waals surface area contributed by atoms with Gasteiger partial charge in [-0.15, -0.1) is 11.3 Å². The third kappa shape index (κ3) is 4.19. The Bertz CT molecular complexity index is 1100. The molecule has 1 unspecified atom stereocenters. The van der Waals surface area contributed by atoms with E-state index in [1.165, 1.54) is 15.8 Å². The van der Waals surface area contributed by atoms with Crippen LogP contribution in [-0.2, 0) is 24.2 Å². The zero-order valence-corrected chi connectivity index (χ0v) is 17.7. The normalized spacial score (nSPS) is 16.1. The number of nitrogens with one attached hydrogen (secondary N) is 1. The second-order valence-corrected chi connectivity index (χ2v) is 9.03. The van der Waals surface area contributed by atoms with Crippen molar-refractivity contribution in [2.24, 2.45) is 5.92 Å². The van der Waals surface area contributed by atoms with E-state index in [0.29, 0.717) is 17.0 Å². The lowest BCUT2D eigenvalue weighted by atomic mass is 9.89. The van der Waals surface area contributed by atoms with Gasteiger partial charge in [0.2, 0.25) is 5.91 Å². The Morgan fingerprint density at radius 3 is 2.83 bits per heavy atom. The third-order valence-corrected chi connectivity index (χ3v) is 6.27. The van der Waals surface area contributed by atoms with Crippen LogP contribution >= 0.6 is 11.3 Å². The molecule has 1 amide bonds. The van der Waals surface area contributed by atoms with Gasteiger partial charge in [0.15, 0.2) is 0 Å². The van der Waals surface area contributed by atoms with E-state index in [9.17, 15) is 9.59 Å². The molecule has 0 aliphatic heterocycles. The van der Waals surface area contributed by atoms with Crippen LogP contribution in [0.25, 0.3) is 10.2 Å². The minimum atomic E-state index is -0.261. The van der Waals surface area contributed by atoms with Gasteiger partial charge >= 0.3 is 0 Å². The van der Waals surface area contributed by atoms with E-state index in [4.69, 9.17) is 4.74 Å². The van der Waals surface area contributed by atoms with Crippen molar-refractivity contribution in [3.8, 4) is 5.75 Å². The summed E-state index contributed by atoms with van der Waals surface area (Å²) in [6.45, 7) is 6.10. The van der Waals surface area contributed by atoms with Crippen LogP contribution < -0.4 is 15.6 Å². The standard InChI is InChI=1S/C22H25N3O3S/c1-13(2)28-16-7-5-15(6-8-16)24-19(26)11-25-12-23-21-20(22(25)27)17-9-4-14(3)10-18(17)29-21/h5-8,12-14H,4,9-11H2,1-3H3,(H,24,26). The molecule has 0 saturated carbocycles. The first-order valence-corrected chi connectivity index (χ1v) is 10.8. The SMILES string of the molecule is CC1CCc2c(sc3ncn(CC(=O)Nc4ccc(OC(C)C)cc4)c(=O)c23)C1. The number of rotatable bonds is 5. The Balaban J connectivity index is 1.51. The molecule has 29 heavy (non-hydrogen) atoms. The van der Waals surface area contributed by atoms with Gasteiger partial charge in [-0.2, -0.15) is 0 Å². The summed E-state index contributed by atoms with van der Waals surface area (Å²) in [4.78, 5) is 32.0. The summed E-state index contributed by atoms with van der Waals surface area (Å²) in [5.74, 6) is 1.13. The predicted octanol–water partition coefficient (Wildman–Crippen LogP) is 4.01. The van der Waals surface area contributed by atoms with Crippen LogP contribution in [0.4, 0.5) is 5.69 Å². The molecular formula is C22H25N3O3S. The molecule has 4 rings (SSSR count). The van der Waals surface area contributed by atoms with Crippen molar-refractivity contribution in [3.05, 3.63) is 51.4 Å². The molecule has 2 heterocycles. The fourth-order valence-electron chi connectivity index (χ4n) is 3.72. The summed E-state index contributed by atoms with van der Waals surface area (Å²) in [5, 5.41) is 3.53. The quantitative estimate of drug-likeness (QED) is 0.688. The molecule has 1 atom stereocenters. The van der Waals surface area contributed by atoms with Crippen LogP contribution in [0.15, 0.2) is 35.4 Å². The number of aryl methyl sites for hydroxylation is 1. The number of anilines is 1. The molecule has 6 nitrogen and oxygen atoms in total. The maximum atomic E-state index is 13.0. The zero-order chi connectivity index (χ0) is 20.5. The van der Waals surface area contributed by atoms with Crippen molar-refractivity contribution >= 4 is 33.1 Å². The van der Waals surface area contributed by atoms with E-state index in [1.807, 2.05) is 26.0 Å². The number of hydrogen-bond donors (Lipinski definition) is 1. The zero-order valence-electron chi connectivity index (χ0n) is 16.9. The number of carbonyl (C=O) groups excluding carboxylic acids is 1. The Kier molecular flexibility index (Phi) is 5.41. The van der Waals surface area contributed by atoms with E-state index in [2.05, 4.69) is 17.2 Å². The lowest BCUT2D eigenvalue weighted by Gasteiger charge is -2.17. The van der Waals surface area contributed by atoms with Crippen LogP contribution in [0.5, 0.6) is 5.75 Å². The van der Waals surface area contributed by atoms with E-state index in [1.54, 1.807) is 23.5 Å². The average molecular weight is 412 g/mol. The molecule has 152 valence electrons. The molecule has 2 aromatic heterocycles. The summed E-state index contributed by atoms with van der Waals surface area (Å²) < 4.78 is 7.01. The molecule has 1 aromatic carbocycles. The first-order chi connectivity index (χ1) is 13.9. The van der Waals surface area contributed by atoms with E-state index >= 15 is 0 Å².